The van der Waals surface area contributed by atoms with E-state index in [-0.39, 0.29) is 29.0 Å². The smallest absolute Gasteiger partial charge is 0.257 e. The SMILES string of the molecule is COc1ccc(S(=O)(=O)NCC2CCCO2)cc1C(=O)N1CCOCC1. The lowest BCUT2D eigenvalue weighted by molar-refractivity contribution is 0.0300. The lowest BCUT2D eigenvalue weighted by Crippen LogP contribution is -2.41. The summed E-state index contributed by atoms with van der Waals surface area (Å²) < 4.78 is 43.7. The van der Waals surface area contributed by atoms with Crippen LogP contribution < -0.4 is 9.46 Å². The molecule has 2 fully saturated rings. The fourth-order valence-corrected chi connectivity index (χ4v) is 4.14. The zero-order chi connectivity index (χ0) is 18.6. The summed E-state index contributed by atoms with van der Waals surface area (Å²) in [7, 11) is -2.29. The molecule has 0 saturated carbocycles. The molecule has 0 bridgehead atoms. The number of sulfonamides is 1. The number of amides is 1. The van der Waals surface area contributed by atoms with Crippen molar-refractivity contribution in [3.05, 3.63) is 23.8 Å². The summed E-state index contributed by atoms with van der Waals surface area (Å²) in [6.45, 7) is 2.75. The van der Waals surface area contributed by atoms with Gasteiger partial charge < -0.3 is 19.1 Å². The van der Waals surface area contributed by atoms with Crippen molar-refractivity contribution in [3.63, 3.8) is 0 Å². The molecule has 0 aliphatic carbocycles. The fraction of sp³-hybridized carbons (Fsp3) is 0.588. The summed E-state index contributed by atoms with van der Waals surface area (Å²) in [5.41, 5.74) is 0.231. The molecule has 3 rings (SSSR count). The molecule has 2 aliphatic heterocycles. The molecule has 0 radical (unpaired) electrons. The van der Waals surface area contributed by atoms with E-state index in [4.69, 9.17) is 14.2 Å². The van der Waals surface area contributed by atoms with E-state index in [1.54, 1.807) is 4.90 Å². The second kappa shape index (κ2) is 8.34. The Morgan fingerprint density at radius 3 is 2.73 bits per heavy atom. The van der Waals surface area contributed by atoms with Gasteiger partial charge in [-0.2, -0.15) is 0 Å². The van der Waals surface area contributed by atoms with Crippen molar-refractivity contribution >= 4 is 15.9 Å². The van der Waals surface area contributed by atoms with Gasteiger partial charge >= 0.3 is 0 Å². The minimum absolute atomic E-state index is 0.0351. The van der Waals surface area contributed by atoms with E-state index >= 15 is 0 Å². The van der Waals surface area contributed by atoms with Crippen LogP contribution >= 0.6 is 0 Å². The zero-order valence-electron chi connectivity index (χ0n) is 14.8. The Balaban J connectivity index is 1.80. The second-order valence-corrected chi connectivity index (χ2v) is 8.02. The summed E-state index contributed by atoms with van der Waals surface area (Å²) in [5, 5.41) is 0. The number of hydrogen-bond acceptors (Lipinski definition) is 6. The Hall–Kier alpha value is -1.68. The number of ether oxygens (including phenoxy) is 3. The van der Waals surface area contributed by atoms with Crippen LogP contribution in [0.5, 0.6) is 5.75 Å². The Morgan fingerprint density at radius 1 is 1.31 bits per heavy atom. The monoisotopic (exact) mass is 384 g/mol. The maximum atomic E-state index is 12.8. The summed E-state index contributed by atoms with van der Waals surface area (Å²) in [4.78, 5) is 14.5. The summed E-state index contributed by atoms with van der Waals surface area (Å²) >= 11 is 0. The first-order valence-corrected chi connectivity index (χ1v) is 10.2. The highest BCUT2D eigenvalue weighted by atomic mass is 32.2. The lowest BCUT2D eigenvalue weighted by Gasteiger charge is -2.27. The standard InChI is InChI=1S/C17H24N2O6S/c1-23-16-5-4-14(26(21,22)18-12-13-3-2-8-25-13)11-15(16)17(20)19-6-9-24-10-7-19/h4-5,11,13,18H,2-3,6-10,12H2,1H3. The van der Waals surface area contributed by atoms with Crippen LogP contribution in [0.25, 0.3) is 0 Å². The first-order valence-electron chi connectivity index (χ1n) is 8.67. The first-order chi connectivity index (χ1) is 12.5. The van der Waals surface area contributed by atoms with E-state index in [9.17, 15) is 13.2 Å². The highest BCUT2D eigenvalue weighted by Gasteiger charge is 2.25. The maximum absolute atomic E-state index is 12.8. The first kappa shape index (κ1) is 19.1. The molecule has 1 atom stereocenters. The molecular formula is C17H24N2O6S. The van der Waals surface area contributed by atoms with Gasteiger partial charge in [-0.15, -0.1) is 0 Å². The van der Waals surface area contributed by atoms with E-state index in [0.717, 1.165) is 12.8 Å². The van der Waals surface area contributed by atoms with Crippen molar-refractivity contribution < 1.29 is 27.4 Å². The average Bonchev–Trinajstić information content (AvgIpc) is 3.20. The molecule has 0 aromatic heterocycles. The highest BCUT2D eigenvalue weighted by molar-refractivity contribution is 7.89. The molecule has 1 unspecified atom stereocenters. The number of methoxy groups -OCH3 is 1. The number of carbonyl (C=O) groups excluding carboxylic acids is 1. The van der Waals surface area contributed by atoms with Gasteiger partial charge in [-0.25, -0.2) is 13.1 Å². The third kappa shape index (κ3) is 4.35. The van der Waals surface area contributed by atoms with E-state index in [2.05, 4.69) is 4.72 Å². The molecule has 144 valence electrons. The van der Waals surface area contributed by atoms with Crippen molar-refractivity contribution in [1.29, 1.82) is 0 Å². The summed E-state index contributed by atoms with van der Waals surface area (Å²) in [5.74, 6) is 0.0842. The fourth-order valence-electron chi connectivity index (χ4n) is 3.05. The Kier molecular flexibility index (Phi) is 6.13. The maximum Gasteiger partial charge on any atom is 0.257 e. The normalized spacial score (nSPS) is 21.0. The minimum atomic E-state index is -3.74. The molecule has 1 aromatic rings. The number of nitrogens with zero attached hydrogens (tertiary/aromatic N) is 1. The summed E-state index contributed by atoms with van der Waals surface area (Å²) in [6.07, 6.45) is 1.68. The third-order valence-corrected chi connectivity index (χ3v) is 5.96. The number of morpholine rings is 1. The molecule has 26 heavy (non-hydrogen) atoms. The topological polar surface area (TPSA) is 94.2 Å². The number of benzene rings is 1. The Labute approximate surface area is 153 Å². The van der Waals surface area contributed by atoms with Crippen LogP contribution in [0.4, 0.5) is 0 Å². The van der Waals surface area contributed by atoms with Gasteiger partial charge in [-0.05, 0) is 31.0 Å². The molecule has 1 N–H and O–H groups in total. The van der Waals surface area contributed by atoms with Crippen LogP contribution in [0, 0.1) is 0 Å². The Bertz CT molecular complexity index is 740. The van der Waals surface area contributed by atoms with Crippen LogP contribution in [0.2, 0.25) is 0 Å². The molecule has 2 heterocycles. The number of hydrogen-bond donors (Lipinski definition) is 1. The van der Waals surface area contributed by atoms with Gasteiger partial charge in [-0.3, -0.25) is 4.79 Å². The van der Waals surface area contributed by atoms with Crippen molar-refractivity contribution in [2.75, 3.05) is 46.6 Å². The van der Waals surface area contributed by atoms with Crippen LogP contribution in [0.1, 0.15) is 23.2 Å². The third-order valence-electron chi connectivity index (χ3n) is 4.53. The zero-order valence-corrected chi connectivity index (χ0v) is 15.6. The molecule has 0 spiro atoms. The van der Waals surface area contributed by atoms with Crippen molar-refractivity contribution in [3.8, 4) is 5.75 Å². The van der Waals surface area contributed by atoms with Crippen LogP contribution in [0.3, 0.4) is 0 Å². The molecule has 2 aliphatic rings. The van der Waals surface area contributed by atoms with E-state index < -0.39 is 10.0 Å². The van der Waals surface area contributed by atoms with Gasteiger partial charge in [-0.1, -0.05) is 0 Å². The molecule has 2 saturated heterocycles. The molecule has 1 aromatic carbocycles. The predicted molar refractivity (Wildman–Crippen MR) is 93.9 cm³/mol. The van der Waals surface area contributed by atoms with Crippen molar-refractivity contribution in [1.82, 2.24) is 9.62 Å². The highest BCUT2D eigenvalue weighted by Crippen LogP contribution is 2.24. The number of nitrogens with one attached hydrogen (secondary N) is 1. The predicted octanol–water partition coefficient (Wildman–Crippen LogP) is 0.625. The van der Waals surface area contributed by atoms with E-state index in [0.29, 0.717) is 38.7 Å². The van der Waals surface area contributed by atoms with E-state index in [1.807, 2.05) is 0 Å². The second-order valence-electron chi connectivity index (χ2n) is 6.25. The number of carbonyl (C=O) groups is 1. The summed E-state index contributed by atoms with van der Waals surface area (Å²) in [6, 6.07) is 4.32. The van der Waals surface area contributed by atoms with Crippen LogP contribution in [-0.4, -0.2) is 71.9 Å². The van der Waals surface area contributed by atoms with E-state index in [1.165, 1.54) is 25.3 Å². The van der Waals surface area contributed by atoms with Gasteiger partial charge in [0.15, 0.2) is 0 Å². The Morgan fingerprint density at radius 2 is 2.08 bits per heavy atom. The lowest BCUT2D eigenvalue weighted by atomic mass is 10.1. The molecular weight excluding hydrogens is 360 g/mol. The molecule has 8 nitrogen and oxygen atoms in total. The van der Waals surface area contributed by atoms with Crippen LogP contribution in [0.15, 0.2) is 23.1 Å². The largest absolute Gasteiger partial charge is 0.496 e. The molecule has 1 amide bonds. The van der Waals surface area contributed by atoms with Gasteiger partial charge in [0.1, 0.15) is 5.75 Å². The quantitative estimate of drug-likeness (QED) is 0.773. The van der Waals surface area contributed by atoms with Crippen molar-refractivity contribution in [2.45, 2.75) is 23.8 Å². The molecule has 9 heteroatoms. The average molecular weight is 384 g/mol. The van der Waals surface area contributed by atoms with Gasteiger partial charge in [0.2, 0.25) is 10.0 Å². The van der Waals surface area contributed by atoms with Gasteiger partial charge in [0.05, 0.1) is 36.9 Å². The van der Waals surface area contributed by atoms with Gasteiger partial charge in [0, 0.05) is 26.2 Å². The van der Waals surface area contributed by atoms with Crippen molar-refractivity contribution in [2.24, 2.45) is 0 Å². The minimum Gasteiger partial charge on any atom is -0.496 e. The van der Waals surface area contributed by atoms with Crippen LogP contribution in [-0.2, 0) is 19.5 Å². The number of rotatable bonds is 6. The van der Waals surface area contributed by atoms with Gasteiger partial charge in [0.25, 0.3) is 5.91 Å².